The minimum absolute atomic E-state index is 0.112. The molecule has 0 aromatic carbocycles. The lowest BCUT2D eigenvalue weighted by Crippen LogP contribution is -2.53. The van der Waals surface area contributed by atoms with E-state index < -0.39 is 0 Å². The Bertz CT molecular complexity index is 781. The van der Waals surface area contributed by atoms with Gasteiger partial charge in [-0.3, -0.25) is 0 Å². The van der Waals surface area contributed by atoms with Crippen molar-refractivity contribution in [2.75, 3.05) is 7.11 Å². The average Bonchev–Trinajstić information content (AvgIpc) is 3.25. The maximum atomic E-state index is 9.33. The molecule has 4 nitrogen and oxygen atoms in total. The Hall–Kier alpha value is -1.13. The number of fused-ring (bicyclic) bond motifs is 7. The Kier molecular flexibility index (Phi) is 3.62. The second-order valence-electron chi connectivity index (χ2n) is 10.7. The van der Waals surface area contributed by atoms with E-state index >= 15 is 0 Å². The fourth-order valence-electron chi connectivity index (χ4n) is 8.36. The maximum Gasteiger partial charge on any atom is 0.177 e. The van der Waals surface area contributed by atoms with Gasteiger partial charge in [0.2, 0.25) is 0 Å². The molecule has 1 heterocycles. The van der Waals surface area contributed by atoms with Crippen LogP contribution in [0.25, 0.3) is 0 Å². The minimum Gasteiger partial charge on any atom is -0.411 e. The first-order chi connectivity index (χ1) is 13.5. The molecule has 4 saturated carbocycles. The summed E-state index contributed by atoms with van der Waals surface area (Å²) in [5, 5.41) is 12.9. The molecule has 28 heavy (non-hydrogen) atoms. The highest BCUT2D eigenvalue weighted by Gasteiger charge is 2.67. The van der Waals surface area contributed by atoms with Gasteiger partial charge in [-0.2, -0.15) is 0 Å². The number of hydrogen-bond donors (Lipinski definition) is 1. The summed E-state index contributed by atoms with van der Waals surface area (Å²) in [6.45, 7) is 2.52. The van der Waals surface area contributed by atoms with Crippen LogP contribution in [0.4, 0.5) is 0 Å². The Balaban J connectivity index is 1.35. The average molecular weight is 384 g/mol. The minimum atomic E-state index is -0.168. The van der Waals surface area contributed by atoms with Crippen molar-refractivity contribution in [1.82, 2.24) is 0 Å². The molecule has 6 aliphatic rings. The van der Waals surface area contributed by atoms with Crippen LogP contribution >= 0.6 is 0 Å². The maximum absolute atomic E-state index is 9.33. The molecule has 1 aliphatic heterocycles. The topological polar surface area (TPSA) is 51.0 Å². The summed E-state index contributed by atoms with van der Waals surface area (Å²) in [7, 11) is 1.75. The molecule has 152 valence electrons. The van der Waals surface area contributed by atoms with Crippen LogP contribution in [0.15, 0.2) is 29.0 Å². The second kappa shape index (κ2) is 5.72. The zero-order chi connectivity index (χ0) is 19.1. The Morgan fingerprint density at radius 1 is 1.14 bits per heavy atom. The third-order valence-corrected chi connectivity index (χ3v) is 9.93. The van der Waals surface area contributed by atoms with Crippen molar-refractivity contribution in [3.8, 4) is 0 Å². The normalized spacial score (nSPS) is 51.9. The number of hydrogen-bond acceptors (Lipinski definition) is 4. The van der Waals surface area contributed by atoms with Gasteiger partial charge in [-0.15, -0.1) is 0 Å². The van der Waals surface area contributed by atoms with E-state index in [1.165, 1.54) is 44.9 Å². The molecule has 1 N–H and O–H groups in total. The lowest BCUT2D eigenvalue weighted by Gasteiger charge is -2.57. The van der Waals surface area contributed by atoms with E-state index in [-0.39, 0.29) is 17.3 Å². The van der Waals surface area contributed by atoms with E-state index in [1.807, 2.05) is 0 Å². The van der Waals surface area contributed by atoms with Gasteiger partial charge in [-0.05, 0) is 99.0 Å². The van der Waals surface area contributed by atoms with Crippen LogP contribution < -0.4 is 0 Å². The molecule has 4 fully saturated rings. The van der Waals surface area contributed by atoms with Crippen molar-refractivity contribution in [2.24, 2.45) is 39.7 Å². The molecule has 7 atom stereocenters. The lowest BCUT2D eigenvalue weighted by atomic mass is 9.48. The summed E-state index contributed by atoms with van der Waals surface area (Å²) in [6, 6.07) is 0. The summed E-state index contributed by atoms with van der Waals surface area (Å²) in [6.07, 6.45) is 17.8. The summed E-state index contributed by atoms with van der Waals surface area (Å²) in [5.74, 6) is 3.13. The van der Waals surface area contributed by atoms with Crippen molar-refractivity contribution in [2.45, 2.75) is 76.6 Å². The van der Waals surface area contributed by atoms with E-state index in [9.17, 15) is 5.21 Å². The number of ether oxygens (including phenoxy) is 2. The molecular formula is C24H33NO3. The fraction of sp³-hybridized carbons (Fsp3) is 0.792. The second-order valence-corrected chi connectivity index (χ2v) is 10.7. The first kappa shape index (κ1) is 17.7. The van der Waals surface area contributed by atoms with Crippen LogP contribution in [-0.4, -0.2) is 29.9 Å². The van der Waals surface area contributed by atoms with Gasteiger partial charge in [0.25, 0.3) is 0 Å². The monoisotopic (exact) mass is 383 g/mol. The molecular weight excluding hydrogens is 350 g/mol. The molecule has 0 saturated heterocycles. The van der Waals surface area contributed by atoms with Gasteiger partial charge in [0, 0.05) is 12.5 Å². The molecule has 5 aliphatic carbocycles. The van der Waals surface area contributed by atoms with Crippen molar-refractivity contribution in [1.29, 1.82) is 0 Å². The SMILES string of the molecule is COC1C=C[C@@]2(CCC3C4CC5(CC5)C5=C/C(=N/O)CC[C@@H]5C4CC[C@@]32C)O1. The molecule has 4 heteroatoms. The van der Waals surface area contributed by atoms with E-state index in [0.717, 1.165) is 42.2 Å². The Morgan fingerprint density at radius 3 is 2.71 bits per heavy atom. The number of rotatable bonds is 1. The summed E-state index contributed by atoms with van der Waals surface area (Å²) in [5.41, 5.74) is 3.12. The predicted octanol–water partition coefficient (Wildman–Crippen LogP) is 5.08. The van der Waals surface area contributed by atoms with Crippen molar-refractivity contribution in [3.05, 3.63) is 23.8 Å². The molecule has 2 spiro atoms. The van der Waals surface area contributed by atoms with Gasteiger partial charge in [0.05, 0.1) is 11.3 Å². The smallest absolute Gasteiger partial charge is 0.177 e. The molecule has 4 unspecified atom stereocenters. The highest BCUT2D eigenvalue weighted by Crippen LogP contribution is 2.73. The van der Waals surface area contributed by atoms with Gasteiger partial charge in [0.15, 0.2) is 6.29 Å². The number of nitrogens with zero attached hydrogens (tertiary/aromatic N) is 1. The van der Waals surface area contributed by atoms with Crippen molar-refractivity contribution < 1.29 is 14.7 Å². The van der Waals surface area contributed by atoms with E-state index in [4.69, 9.17) is 9.47 Å². The van der Waals surface area contributed by atoms with Crippen LogP contribution in [0, 0.1) is 34.5 Å². The zero-order valence-corrected chi connectivity index (χ0v) is 17.2. The molecule has 6 rings (SSSR count). The predicted molar refractivity (Wildman–Crippen MR) is 107 cm³/mol. The van der Waals surface area contributed by atoms with Gasteiger partial charge < -0.3 is 14.7 Å². The van der Waals surface area contributed by atoms with Gasteiger partial charge >= 0.3 is 0 Å². The third kappa shape index (κ3) is 2.11. The summed E-state index contributed by atoms with van der Waals surface area (Å²) < 4.78 is 12.0. The molecule has 0 aromatic rings. The first-order valence-electron chi connectivity index (χ1n) is 11.4. The van der Waals surface area contributed by atoms with Gasteiger partial charge in [-0.25, -0.2) is 0 Å². The van der Waals surface area contributed by atoms with Gasteiger partial charge in [-0.1, -0.05) is 23.7 Å². The van der Waals surface area contributed by atoms with Crippen LogP contribution in [0.5, 0.6) is 0 Å². The summed E-state index contributed by atoms with van der Waals surface area (Å²) >= 11 is 0. The van der Waals surface area contributed by atoms with Crippen LogP contribution in [0.3, 0.4) is 0 Å². The molecule has 0 radical (unpaired) electrons. The summed E-state index contributed by atoms with van der Waals surface area (Å²) in [4.78, 5) is 0. The first-order valence-corrected chi connectivity index (χ1v) is 11.4. The zero-order valence-electron chi connectivity index (χ0n) is 17.2. The third-order valence-electron chi connectivity index (χ3n) is 9.93. The van der Waals surface area contributed by atoms with E-state index in [1.54, 1.807) is 12.7 Å². The fourth-order valence-corrected chi connectivity index (χ4v) is 8.36. The van der Waals surface area contributed by atoms with Crippen LogP contribution in [0.2, 0.25) is 0 Å². The highest BCUT2D eigenvalue weighted by atomic mass is 16.7. The lowest BCUT2D eigenvalue weighted by molar-refractivity contribution is -0.192. The number of methoxy groups -OCH3 is 1. The van der Waals surface area contributed by atoms with Crippen molar-refractivity contribution in [3.63, 3.8) is 0 Å². The van der Waals surface area contributed by atoms with Gasteiger partial charge in [0.1, 0.15) is 0 Å². The van der Waals surface area contributed by atoms with Crippen LogP contribution in [0.1, 0.15) is 64.7 Å². The molecule has 0 amide bonds. The quantitative estimate of drug-likeness (QED) is 0.390. The van der Waals surface area contributed by atoms with Crippen LogP contribution in [-0.2, 0) is 9.47 Å². The Morgan fingerprint density at radius 2 is 2.00 bits per heavy atom. The largest absolute Gasteiger partial charge is 0.411 e. The van der Waals surface area contributed by atoms with Crippen molar-refractivity contribution >= 4 is 5.71 Å². The van der Waals surface area contributed by atoms with E-state index in [2.05, 4.69) is 30.3 Å². The Labute approximate surface area is 168 Å². The molecule has 0 aromatic heterocycles. The van der Waals surface area contributed by atoms with E-state index in [0.29, 0.717) is 5.41 Å². The number of oxime groups is 1. The standard InChI is InChI=1S/C24H33NO3/c1-22-8-5-16-17-4-3-15(25-26)13-20(17)23(11-12-23)14-18(16)19(22)6-9-24(22)10-7-21(27-2)28-24/h7,10,13,16-19,21,26H,3-6,8-9,11-12,14H2,1-2H3/b25-15+/t16?,17-,18?,19?,21?,22+,24-/m1/s1. The highest BCUT2D eigenvalue weighted by molar-refractivity contribution is 5.96. The number of allylic oxidation sites excluding steroid dienone is 2. The molecule has 0 bridgehead atoms.